The first-order chi connectivity index (χ1) is 9.86. The van der Waals surface area contributed by atoms with Gasteiger partial charge in [-0.15, -0.1) is 10.2 Å². The van der Waals surface area contributed by atoms with Gasteiger partial charge in [-0.2, -0.15) is 5.21 Å². The first kappa shape index (κ1) is 12.2. The lowest BCUT2D eigenvalue weighted by molar-refractivity contribution is 0.0971. The van der Waals surface area contributed by atoms with Crippen molar-refractivity contribution in [3.63, 3.8) is 0 Å². The van der Waals surface area contributed by atoms with Gasteiger partial charge in [-0.3, -0.25) is 4.79 Å². The summed E-state index contributed by atoms with van der Waals surface area (Å²) in [5.41, 5.74) is 1.48. The summed E-state index contributed by atoms with van der Waals surface area (Å²) in [7, 11) is 0. The fourth-order valence-corrected chi connectivity index (χ4v) is 2.12. The number of H-pyrrole nitrogens is 1. The highest BCUT2D eigenvalue weighted by Gasteiger charge is 2.27. The number of ketones is 1. The van der Waals surface area contributed by atoms with Gasteiger partial charge in [0.05, 0.1) is 0 Å². The van der Waals surface area contributed by atoms with E-state index in [9.17, 15) is 4.79 Å². The van der Waals surface area contributed by atoms with E-state index >= 15 is 0 Å². The molecule has 20 heavy (non-hydrogen) atoms. The quantitative estimate of drug-likeness (QED) is 0.733. The lowest BCUT2D eigenvalue weighted by atomic mass is 9.90. The van der Waals surface area contributed by atoms with E-state index in [1.165, 1.54) is 0 Å². The smallest absolute Gasteiger partial charge is 0.189 e. The lowest BCUT2D eigenvalue weighted by Crippen LogP contribution is -2.16. The SMILES string of the molecule is O=C(c1ccccc1)C(c1ccccc1)c1nn[nH]n1. The van der Waals surface area contributed by atoms with Crippen LogP contribution in [-0.2, 0) is 0 Å². The Balaban J connectivity index is 2.05. The molecule has 3 aromatic rings. The Labute approximate surface area is 115 Å². The molecule has 1 atom stereocenters. The number of nitrogens with one attached hydrogen (secondary N) is 1. The van der Waals surface area contributed by atoms with Crippen molar-refractivity contribution in [2.75, 3.05) is 0 Å². The van der Waals surface area contributed by atoms with Gasteiger partial charge in [0.1, 0.15) is 5.92 Å². The molecule has 0 amide bonds. The van der Waals surface area contributed by atoms with Crippen LogP contribution in [0.15, 0.2) is 60.7 Å². The second-order valence-electron chi connectivity index (χ2n) is 4.34. The van der Waals surface area contributed by atoms with E-state index in [2.05, 4.69) is 20.6 Å². The van der Waals surface area contributed by atoms with Crippen LogP contribution in [0.3, 0.4) is 0 Å². The molecule has 3 rings (SSSR count). The van der Waals surface area contributed by atoms with Crippen molar-refractivity contribution < 1.29 is 4.79 Å². The molecule has 1 aromatic heterocycles. The van der Waals surface area contributed by atoms with Gasteiger partial charge in [0.2, 0.25) is 0 Å². The van der Waals surface area contributed by atoms with E-state index in [-0.39, 0.29) is 5.78 Å². The van der Waals surface area contributed by atoms with E-state index in [4.69, 9.17) is 0 Å². The number of hydrogen-bond donors (Lipinski definition) is 1. The highest BCUT2D eigenvalue weighted by atomic mass is 16.1. The molecule has 0 radical (unpaired) electrons. The van der Waals surface area contributed by atoms with Gasteiger partial charge >= 0.3 is 0 Å². The van der Waals surface area contributed by atoms with Gasteiger partial charge in [0, 0.05) is 5.56 Å². The first-order valence-electron chi connectivity index (χ1n) is 6.24. The van der Waals surface area contributed by atoms with Crippen LogP contribution in [0.25, 0.3) is 0 Å². The van der Waals surface area contributed by atoms with Crippen molar-refractivity contribution in [3.8, 4) is 0 Å². The van der Waals surface area contributed by atoms with Crippen LogP contribution in [0.5, 0.6) is 0 Å². The van der Waals surface area contributed by atoms with Crippen LogP contribution in [0.4, 0.5) is 0 Å². The normalized spacial score (nSPS) is 12.0. The first-order valence-corrected chi connectivity index (χ1v) is 6.24. The molecule has 0 bridgehead atoms. The van der Waals surface area contributed by atoms with Crippen LogP contribution < -0.4 is 0 Å². The summed E-state index contributed by atoms with van der Waals surface area (Å²) in [6.45, 7) is 0. The van der Waals surface area contributed by atoms with Crippen LogP contribution in [0, 0.1) is 0 Å². The lowest BCUT2D eigenvalue weighted by Gasteiger charge is -2.12. The minimum absolute atomic E-state index is 0.0433. The third-order valence-electron chi connectivity index (χ3n) is 3.07. The predicted octanol–water partition coefficient (Wildman–Crippen LogP) is 2.21. The minimum Gasteiger partial charge on any atom is -0.293 e. The number of Topliss-reactive ketones (excluding diaryl/α,β-unsaturated/α-hetero) is 1. The third kappa shape index (κ3) is 2.33. The zero-order chi connectivity index (χ0) is 13.8. The highest BCUT2D eigenvalue weighted by molar-refractivity contribution is 6.02. The Morgan fingerprint density at radius 3 is 2.20 bits per heavy atom. The molecule has 1 heterocycles. The monoisotopic (exact) mass is 264 g/mol. The van der Waals surface area contributed by atoms with Gasteiger partial charge in [-0.1, -0.05) is 65.9 Å². The number of hydrogen-bond acceptors (Lipinski definition) is 4. The molecule has 0 saturated heterocycles. The average Bonchev–Trinajstić information content (AvgIpc) is 3.03. The van der Waals surface area contributed by atoms with Crippen molar-refractivity contribution in [1.29, 1.82) is 0 Å². The highest BCUT2D eigenvalue weighted by Crippen LogP contribution is 2.25. The Morgan fingerprint density at radius 1 is 0.950 bits per heavy atom. The number of aromatic amines is 1. The number of nitrogens with zero attached hydrogens (tertiary/aromatic N) is 3. The molecule has 1 N–H and O–H groups in total. The summed E-state index contributed by atoms with van der Waals surface area (Å²) in [6, 6.07) is 18.6. The number of carbonyl (C=O) groups excluding carboxylic acids is 1. The second kappa shape index (κ2) is 5.44. The number of rotatable bonds is 4. The molecule has 0 aliphatic rings. The Hall–Kier alpha value is -2.82. The van der Waals surface area contributed by atoms with Crippen molar-refractivity contribution in [2.24, 2.45) is 0 Å². The van der Waals surface area contributed by atoms with Gasteiger partial charge in [0.15, 0.2) is 11.6 Å². The molecule has 2 aromatic carbocycles. The maximum Gasteiger partial charge on any atom is 0.189 e. The predicted molar refractivity (Wildman–Crippen MR) is 73.2 cm³/mol. The van der Waals surface area contributed by atoms with Crippen molar-refractivity contribution in [3.05, 3.63) is 77.6 Å². The maximum absolute atomic E-state index is 12.7. The number of carbonyl (C=O) groups is 1. The molecule has 5 nitrogen and oxygen atoms in total. The van der Waals surface area contributed by atoms with Crippen molar-refractivity contribution in [1.82, 2.24) is 20.6 Å². The summed E-state index contributed by atoms with van der Waals surface area (Å²) < 4.78 is 0. The second-order valence-corrected chi connectivity index (χ2v) is 4.34. The molecular weight excluding hydrogens is 252 g/mol. The fourth-order valence-electron chi connectivity index (χ4n) is 2.12. The van der Waals surface area contributed by atoms with Crippen LogP contribution in [0.1, 0.15) is 27.7 Å². The molecule has 5 heteroatoms. The summed E-state index contributed by atoms with van der Waals surface area (Å²) in [6.07, 6.45) is 0. The van der Waals surface area contributed by atoms with E-state index in [1.54, 1.807) is 12.1 Å². The van der Waals surface area contributed by atoms with Gasteiger partial charge in [0.25, 0.3) is 0 Å². The minimum atomic E-state index is -0.544. The zero-order valence-corrected chi connectivity index (χ0v) is 10.6. The van der Waals surface area contributed by atoms with Crippen molar-refractivity contribution >= 4 is 5.78 Å². The standard InChI is InChI=1S/C15H12N4O/c20-14(12-9-5-2-6-10-12)13(15-16-18-19-17-15)11-7-3-1-4-8-11/h1-10,13H,(H,16,17,18,19). The summed E-state index contributed by atoms with van der Waals surface area (Å²) in [5, 5.41) is 13.9. The molecule has 0 aliphatic carbocycles. The average molecular weight is 264 g/mol. The van der Waals surface area contributed by atoms with Gasteiger partial charge in [-0.05, 0) is 5.56 Å². The van der Waals surface area contributed by atoms with E-state index in [0.717, 1.165) is 5.56 Å². The van der Waals surface area contributed by atoms with E-state index in [1.807, 2.05) is 48.5 Å². The van der Waals surface area contributed by atoms with Gasteiger partial charge < -0.3 is 0 Å². The third-order valence-corrected chi connectivity index (χ3v) is 3.07. The Kier molecular flexibility index (Phi) is 3.33. The molecular formula is C15H12N4O. The van der Waals surface area contributed by atoms with Crippen LogP contribution in [0.2, 0.25) is 0 Å². The molecule has 0 fully saturated rings. The summed E-state index contributed by atoms with van der Waals surface area (Å²) in [4.78, 5) is 12.7. The largest absolute Gasteiger partial charge is 0.293 e. The van der Waals surface area contributed by atoms with Crippen LogP contribution >= 0.6 is 0 Å². The Bertz CT molecular complexity index is 680. The molecule has 0 saturated carbocycles. The number of benzene rings is 2. The summed E-state index contributed by atoms with van der Waals surface area (Å²) in [5.74, 6) is -0.208. The van der Waals surface area contributed by atoms with E-state index in [0.29, 0.717) is 11.4 Å². The zero-order valence-electron chi connectivity index (χ0n) is 10.6. The summed E-state index contributed by atoms with van der Waals surface area (Å²) >= 11 is 0. The van der Waals surface area contributed by atoms with E-state index < -0.39 is 5.92 Å². The number of aromatic nitrogens is 4. The topological polar surface area (TPSA) is 71.5 Å². The molecule has 1 unspecified atom stereocenters. The van der Waals surface area contributed by atoms with Gasteiger partial charge in [-0.25, -0.2) is 0 Å². The Morgan fingerprint density at radius 2 is 1.60 bits per heavy atom. The van der Waals surface area contributed by atoms with Crippen molar-refractivity contribution in [2.45, 2.75) is 5.92 Å². The number of tetrazole rings is 1. The fraction of sp³-hybridized carbons (Fsp3) is 0.0667. The molecule has 98 valence electrons. The molecule has 0 spiro atoms. The van der Waals surface area contributed by atoms with Crippen LogP contribution in [-0.4, -0.2) is 26.4 Å². The molecule has 0 aliphatic heterocycles. The maximum atomic E-state index is 12.7.